The Bertz CT molecular complexity index is 800. The predicted molar refractivity (Wildman–Crippen MR) is 103 cm³/mol. The molecule has 0 bridgehead atoms. The van der Waals surface area contributed by atoms with Gasteiger partial charge in [-0.15, -0.1) is 0 Å². The second kappa shape index (κ2) is 10.1. The van der Waals surface area contributed by atoms with E-state index in [0.29, 0.717) is 24.2 Å². The highest BCUT2D eigenvalue weighted by Gasteiger charge is 2.05. The fraction of sp³-hybridized carbons (Fsp3) is 0.211. The van der Waals surface area contributed by atoms with Crippen LogP contribution in [0.5, 0.6) is 0 Å². The van der Waals surface area contributed by atoms with E-state index in [-0.39, 0.29) is 5.91 Å². The van der Waals surface area contributed by atoms with E-state index >= 15 is 0 Å². The van der Waals surface area contributed by atoms with E-state index in [4.69, 9.17) is 11.0 Å². The molecule has 0 aliphatic rings. The number of rotatable bonds is 8. The topological polar surface area (TPSA) is 108 Å². The second-order valence-electron chi connectivity index (χ2n) is 5.49. The van der Waals surface area contributed by atoms with Crippen molar-refractivity contribution < 1.29 is 9.59 Å². The van der Waals surface area contributed by atoms with Crippen LogP contribution in [0.3, 0.4) is 0 Å². The molecule has 0 aromatic heterocycles. The van der Waals surface area contributed by atoms with Crippen LogP contribution in [0.2, 0.25) is 0 Å². The summed E-state index contributed by atoms with van der Waals surface area (Å²) < 4.78 is 0. The van der Waals surface area contributed by atoms with Crippen LogP contribution in [0.1, 0.15) is 27.0 Å². The largest absolute Gasteiger partial charge is 0.352 e. The molecule has 2 rings (SSSR count). The molecule has 134 valence electrons. The number of thioether (sulfide) groups is 1. The lowest BCUT2D eigenvalue weighted by molar-refractivity contribution is 0.0956. The zero-order chi connectivity index (χ0) is 18.8. The molecule has 0 atom stereocenters. The van der Waals surface area contributed by atoms with Crippen molar-refractivity contribution >= 4 is 23.7 Å². The maximum Gasteiger partial charge on any atom is 0.312 e. The van der Waals surface area contributed by atoms with Crippen LogP contribution >= 0.6 is 11.8 Å². The molecule has 7 heteroatoms. The van der Waals surface area contributed by atoms with Gasteiger partial charge in [-0.2, -0.15) is 17.0 Å². The first kappa shape index (κ1) is 19.3. The highest BCUT2D eigenvalue weighted by Crippen LogP contribution is 2.15. The van der Waals surface area contributed by atoms with E-state index in [9.17, 15) is 9.59 Å². The Balaban J connectivity index is 1.71. The van der Waals surface area contributed by atoms with Gasteiger partial charge in [-0.25, -0.2) is 4.79 Å². The Labute approximate surface area is 156 Å². The van der Waals surface area contributed by atoms with Crippen molar-refractivity contribution in [3.63, 3.8) is 0 Å². The summed E-state index contributed by atoms with van der Waals surface area (Å²) in [5.41, 5.74) is 8.15. The van der Waals surface area contributed by atoms with Crippen molar-refractivity contribution in [2.75, 3.05) is 12.3 Å². The Kier molecular flexibility index (Phi) is 7.52. The molecule has 0 heterocycles. The third-order valence-corrected chi connectivity index (χ3v) is 4.62. The molecule has 0 fully saturated rings. The second-order valence-corrected chi connectivity index (χ2v) is 6.60. The van der Waals surface area contributed by atoms with Gasteiger partial charge in [-0.05, 0) is 29.3 Å². The van der Waals surface area contributed by atoms with Gasteiger partial charge in [0.25, 0.3) is 5.91 Å². The number of nitrogens with zero attached hydrogens (tertiary/aromatic N) is 1. The lowest BCUT2D eigenvalue weighted by Crippen LogP contribution is -2.28. The molecule has 0 spiro atoms. The summed E-state index contributed by atoms with van der Waals surface area (Å²) in [6.45, 7) is 0.876. The Morgan fingerprint density at radius 2 is 1.81 bits per heavy atom. The molecular weight excluding hydrogens is 348 g/mol. The highest BCUT2D eigenvalue weighted by molar-refractivity contribution is 7.98. The van der Waals surface area contributed by atoms with Gasteiger partial charge in [0.2, 0.25) is 0 Å². The van der Waals surface area contributed by atoms with Gasteiger partial charge in [0.15, 0.2) is 0 Å². The van der Waals surface area contributed by atoms with Gasteiger partial charge in [-0.1, -0.05) is 30.3 Å². The first-order valence-electron chi connectivity index (χ1n) is 8.06. The van der Waals surface area contributed by atoms with Crippen molar-refractivity contribution in [1.82, 2.24) is 10.6 Å². The fourth-order valence-electron chi connectivity index (χ4n) is 2.24. The zero-order valence-corrected chi connectivity index (χ0v) is 15.0. The molecule has 3 amide bonds. The maximum absolute atomic E-state index is 12.1. The lowest BCUT2D eigenvalue weighted by Gasteiger charge is -2.07. The number of amides is 3. The van der Waals surface area contributed by atoms with Gasteiger partial charge < -0.3 is 16.4 Å². The van der Waals surface area contributed by atoms with Crippen LogP contribution in [0, 0.1) is 11.3 Å². The van der Waals surface area contributed by atoms with E-state index in [1.54, 1.807) is 42.1 Å². The van der Waals surface area contributed by atoms with Crippen molar-refractivity contribution in [3.05, 3.63) is 70.8 Å². The molecule has 4 N–H and O–H groups in total. The average Bonchev–Trinajstić information content (AvgIpc) is 2.66. The number of carbonyl (C=O) groups excluding carboxylic acids is 2. The van der Waals surface area contributed by atoms with Gasteiger partial charge in [0, 0.05) is 30.2 Å². The molecular formula is C19H20N4O2S. The Morgan fingerprint density at radius 1 is 1.08 bits per heavy atom. The van der Waals surface area contributed by atoms with Crippen LogP contribution in [-0.2, 0) is 12.3 Å². The molecule has 2 aromatic rings. The number of nitrogens with one attached hydrogen (secondary N) is 2. The van der Waals surface area contributed by atoms with E-state index in [1.807, 2.05) is 18.2 Å². The third-order valence-electron chi connectivity index (χ3n) is 3.61. The number of primary amides is 1. The Morgan fingerprint density at radius 3 is 2.50 bits per heavy atom. The smallest absolute Gasteiger partial charge is 0.312 e. The minimum atomic E-state index is -0.582. The van der Waals surface area contributed by atoms with Crippen molar-refractivity contribution in [3.8, 4) is 6.07 Å². The molecule has 0 saturated carbocycles. The number of hydrogen-bond acceptors (Lipinski definition) is 4. The first-order valence-corrected chi connectivity index (χ1v) is 9.22. The summed E-state index contributed by atoms with van der Waals surface area (Å²) in [5.74, 6) is 1.35. The van der Waals surface area contributed by atoms with Gasteiger partial charge in [-0.3, -0.25) is 4.79 Å². The van der Waals surface area contributed by atoms with Gasteiger partial charge in [0.1, 0.15) is 0 Å². The first-order chi connectivity index (χ1) is 12.6. The minimum absolute atomic E-state index is 0.141. The van der Waals surface area contributed by atoms with E-state index in [2.05, 4.69) is 16.7 Å². The van der Waals surface area contributed by atoms with Crippen molar-refractivity contribution in [2.45, 2.75) is 12.3 Å². The summed E-state index contributed by atoms with van der Waals surface area (Å²) in [5, 5.41) is 14.4. The maximum atomic E-state index is 12.1. The van der Waals surface area contributed by atoms with E-state index < -0.39 is 6.03 Å². The minimum Gasteiger partial charge on any atom is -0.352 e. The monoisotopic (exact) mass is 368 g/mol. The molecule has 26 heavy (non-hydrogen) atoms. The van der Waals surface area contributed by atoms with E-state index in [0.717, 1.165) is 22.6 Å². The summed E-state index contributed by atoms with van der Waals surface area (Å²) >= 11 is 1.67. The number of carbonyl (C=O) groups is 2. The van der Waals surface area contributed by atoms with Crippen molar-refractivity contribution in [1.29, 1.82) is 5.26 Å². The number of benzene rings is 2. The van der Waals surface area contributed by atoms with E-state index in [1.165, 1.54) is 0 Å². The molecule has 0 unspecified atom stereocenters. The molecule has 0 radical (unpaired) electrons. The molecule has 0 aliphatic carbocycles. The zero-order valence-electron chi connectivity index (χ0n) is 14.2. The average molecular weight is 368 g/mol. The molecule has 2 aromatic carbocycles. The molecule has 0 aliphatic heterocycles. The normalized spacial score (nSPS) is 9.96. The quantitative estimate of drug-likeness (QED) is 0.622. The van der Waals surface area contributed by atoms with Crippen LogP contribution in [0.15, 0.2) is 48.5 Å². The fourth-order valence-corrected chi connectivity index (χ4v) is 3.10. The number of nitrogens with two attached hydrogens (primary N) is 1. The van der Waals surface area contributed by atoms with Crippen LogP contribution in [0.25, 0.3) is 0 Å². The van der Waals surface area contributed by atoms with Crippen molar-refractivity contribution in [2.24, 2.45) is 5.73 Å². The predicted octanol–water partition coefficient (Wildman–Crippen LogP) is 2.39. The summed E-state index contributed by atoms with van der Waals surface area (Å²) in [7, 11) is 0. The van der Waals surface area contributed by atoms with Gasteiger partial charge in [0.05, 0.1) is 11.6 Å². The Hall–Kier alpha value is -2.98. The van der Waals surface area contributed by atoms with Crippen LogP contribution in [-0.4, -0.2) is 24.2 Å². The SMILES string of the molecule is N#Cc1ccccc1CSCCNC(=O)c1ccc(CNC(N)=O)cc1. The van der Waals surface area contributed by atoms with Crippen LogP contribution < -0.4 is 16.4 Å². The standard InChI is InChI=1S/C19H20N4O2S/c20-11-16-3-1-2-4-17(16)13-26-10-9-22-18(24)15-7-5-14(6-8-15)12-23-19(21)25/h1-8H,9-10,12-13H2,(H,22,24)(H3,21,23,25). The molecule has 6 nitrogen and oxygen atoms in total. The lowest BCUT2D eigenvalue weighted by atomic mass is 10.1. The van der Waals surface area contributed by atoms with Gasteiger partial charge >= 0.3 is 6.03 Å². The summed E-state index contributed by atoms with van der Waals surface area (Å²) in [6.07, 6.45) is 0. The summed E-state index contributed by atoms with van der Waals surface area (Å²) in [4.78, 5) is 22.8. The number of urea groups is 1. The molecule has 0 saturated heterocycles. The number of hydrogen-bond donors (Lipinski definition) is 3. The van der Waals surface area contributed by atoms with Crippen LogP contribution in [0.4, 0.5) is 4.79 Å². The summed E-state index contributed by atoms with van der Waals surface area (Å²) in [6, 6.07) is 16.1. The number of nitriles is 1. The third kappa shape index (κ3) is 6.15. The highest BCUT2D eigenvalue weighted by atomic mass is 32.2.